The fourth-order valence-electron chi connectivity index (χ4n) is 2.82. The van der Waals surface area contributed by atoms with E-state index in [4.69, 9.17) is 9.47 Å². The molecule has 1 aliphatic heterocycles. The van der Waals surface area contributed by atoms with Gasteiger partial charge in [0.05, 0.1) is 14.2 Å². The summed E-state index contributed by atoms with van der Waals surface area (Å²) in [6.45, 7) is 2.63. The molecule has 0 aromatic heterocycles. The topological polar surface area (TPSA) is 59.6 Å². The monoisotopic (exact) mass is 420 g/mol. The molecule has 1 heterocycles. The van der Waals surface area contributed by atoms with Crippen molar-refractivity contribution in [3.8, 4) is 11.5 Å². The van der Waals surface area contributed by atoms with Gasteiger partial charge in [-0.3, -0.25) is 4.79 Å². The average Bonchev–Trinajstić information content (AvgIpc) is 2.59. The quantitative estimate of drug-likeness (QED) is 0.709. The summed E-state index contributed by atoms with van der Waals surface area (Å²) in [5.41, 5.74) is 0.970. The van der Waals surface area contributed by atoms with Crippen molar-refractivity contribution in [1.29, 1.82) is 0 Å². The molecule has 0 bridgehead atoms. The number of hydrogen-bond donors (Lipinski definition) is 2. The first-order valence-electron chi connectivity index (χ1n) is 8.02. The first-order chi connectivity index (χ1) is 11.1. The van der Waals surface area contributed by atoms with Crippen molar-refractivity contribution in [3.05, 3.63) is 22.2 Å². The van der Waals surface area contributed by atoms with Crippen molar-refractivity contribution in [3.63, 3.8) is 0 Å². The van der Waals surface area contributed by atoms with Crippen LogP contribution in [0.3, 0.4) is 0 Å². The van der Waals surface area contributed by atoms with E-state index in [1.807, 2.05) is 12.1 Å². The minimum Gasteiger partial charge on any atom is -0.493 e. The van der Waals surface area contributed by atoms with Crippen LogP contribution in [0.2, 0.25) is 0 Å². The Morgan fingerprint density at radius 3 is 2.50 bits per heavy atom. The molecule has 7 heteroatoms. The van der Waals surface area contributed by atoms with E-state index in [0.717, 1.165) is 29.5 Å². The molecule has 0 spiro atoms. The molecule has 1 aliphatic rings. The van der Waals surface area contributed by atoms with Gasteiger partial charge in [0.1, 0.15) is 0 Å². The van der Waals surface area contributed by atoms with Crippen LogP contribution in [0.4, 0.5) is 0 Å². The predicted octanol–water partition coefficient (Wildman–Crippen LogP) is 3.28. The molecule has 0 saturated carbocycles. The van der Waals surface area contributed by atoms with Gasteiger partial charge < -0.3 is 20.1 Å². The van der Waals surface area contributed by atoms with E-state index in [2.05, 4.69) is 26.6 Å². The van der Waals surface area contributed by atoms with Gasteiger partial charge in [-0.25, -0.2) is 0 Å². The third-order valence-electron chi connectivity index (χ3n) is 4.27. The van der Waals surface area contributed by atoms with Gasteiger partial charge >= 0.3 is 0 Å². The Labute approximate surface area is 158 Å². The zero-order valence-electron chi connectivity index (χ0n) is 14.2. The molecule has 1 fully saturated rings. The Morgan fingerprint density at radius 2 is 1.88 bits per heavy atom. The summed E-state index contributed by atoms with van der Waals surface area (Å²) in [7, 11) is 3.21. The molecule has 2 rings (SSSR count). The van der Waals surface area contributed by atoms with Gasteiger partial charge in [0.15, 0.2) is 11.5 Å². The molecule has 1 aromatic carbocycles. The van der Waals surface area contributed by atoms with Gasteiger partial charge in [-0.15, -0.1) is 12.4 Å². The van der Waals surface area contributed by atoms with Gasteiger partial charge in [-0.2, -0.15) is 0 Å². The van der Waals surface area contributed by atoms with E-state index in [1.54, 1.807) is 14.2 Å². The van der Waals surface area contributed by atoms with Crippen molar-refractivity contribution >= 4 is 34.2 Å². The number of methoxy groups -OCH3 is 2. The SMILES string of the molecule is COc1cc(Br)c(CNC(=O)CCC2CCNCC2)cc1OC.Cl. The fourth-order valence-corrected chi connectivity index (χ4v) is 3.28. The maximum absolute atomic E-state index is 12.0. The fraction of sp³-hybridized carbons (Fsp3) is 0.588. The van der Waals surface area contributed by atoms with E-state index in [9.17, 15) is 4.79 Å². The number of carbonyl (C=O) groups excluding carboxylic acids is 1. The van der Waals surface area contributed by atoms with Crippen molar-refractivity contribution in [2.75, 3.05) is 27.3 Å². The second-order valence-corrected chi connectivity index (χ2v) is 6.66. The second-order valence-electron chi connectivity index (χ2n) is 5.81. The Hall–Kier alpha value is -0.980. The number of hydrogen-bond acceptors (Lipinski definition) is 4. The van der Waals surface area contributed by atoms with Crippen LogP contribution >= 0.6 is 28.3 Å². The van der Waals surface area contributed by atoms with E-state index in [1.165, 1.54) is 12.8 Å². The van der Waals surface area contributed by atoms with Crippen LogP contribution < -0.4 is 20.1 Å². The number of piperidine rings is 1. The first-order valence-corrected chi connectivity index (χ1v) is 8.81. The van der Waals surface area contributed by atoms with Gasteiger partial charge in [0, 0.05) is 17.4 Å². The van der Waals surface area contributed by atoms with E-state index >= 15 is 0 Å². The van der Waals surface area contributed by atoms with E-state index in [-0.39, 0.29) is 18.3 Å². The highest BCUT2D eigenvalue weighted by molar-refractivity contribution is 9.10. The molecule has 0 unspecified atom stereocenters. The number of nitrogens with one attached hydrogen (secondary N) is 2. The van der Waals surface area contributed by atoms with Crippen LogP contribution in [0.5, 0.6) is 11.5 Å². The standard InChI is InChI=1S/C17H25BrN2O3.ClH/c1-22-15-9-13(14(18)10-16(15)23-2)11-20-17(21)4-3-12-5-7-19-8-6-12;/h9-10,12,19H,3-8,11H2,1-2H3,(H,20,21);1H. The number of halogens is 2. The first kappa shape index (κ1) is 21.1. The molecule has 0 atom stereocenters. The molecule has 0 radical (unpaired) electrons. The van der Waals surface area contributed by atoms with Crippen molar-refractivity contribution in [1.82, 2.24) is 10.6 Å². The number of amides is 1. The van der Waals surface area contributed by atoms with Gasteiger partial charge in [-0.05, 0) is 56.0 Å². The van der Waals surface area contributed by atoms with Crippen LogP contribution in [0, 0.1) is 5.92 Å². The molecular formula is C17H26BrClN2O3. The van der Waals surface area contributed by atoms with Crippen LogP contribution in [0.15, 0.2) is 16.6 Å². The largest absolute Gasteiger partial charge is 0.493 e. The Kier molecular flexibility index (Phi) is 9.48. The smallest absolute Gasteiger partial charge is 0.220 e. The lowest BCUT2D eigenvalue weighted by Gasteiger charge is -2.22. The zero-order valence-corrected chi connectivity index (χ0v) is 16.6. The van der Waals surface area contributed by atoms with Gasteiger partial charge in [-0.1, -0.05) is 15.9 Å². The molecule has 5 nitrogen and oxygen atoms in total. The van der Waals surface area contributed by atoms with Crippen LogP contribution in [0.1, 0.15) is 31.2 Å². The molecule has 136 valence electrons. The highest BCUT2D eigenvalue weighted by Gasteiger charge is 2.15. The van der Waals surface area contributed by atoms with Crippen LogP contribution in [0.25, 0.3) is 0 Å². The Balaban J connectivity index is 0.00000288. The lowest BCUT2D eigenvalue weighted by atomic mass is 9.93. The summed E-state index contributed by atoms with van der Waals surface area (Å²) < 4.78 is 11.5. The minimum absolute atomic E-state index is 0. The van der Waals surface area contributed by atoms with Crippen molar-refractivity contribution < 1.29 is 14.3 Å². The predicted molar refractivity (Wildman–Crippen MR) is 101 cm³/mol. The second kappa shape index (κ2) is 10.8. The number of carbonyl (C=O) groups is 1. The molecule has 24 heavy (non-hydrogen) atoms. The summed E-state index contributed by atoms with van der Waals surface area (Å²) in [6, 6.07) is 3.74. The zero-order chi connectivity index (χ0) is 16.7. The Morgan fingerprint density at radius 1 is 1.25 bits per heavy atom. The van der Waals surface area contributed by atoms with E-state index in [0.29, 0.717) is 30.4 Å². The minimum atomic E-state index is 0. The lowest BCUT2D eigenvalue weighted by Crippen LogP contribution is -2.29. The third-order valence-corrected chi connectivity index (χ3v) is 5.01. The summed E-state index contributed by atoms with van der Waals surface area (Å²) in [5, 5.41) is 6.33. The lowest BCUT2D eigenvalue weighted by molar-refractivity contribution is -0.121. The average molecular weight is 422 g/mol. The van der Waals surface area contributed by atoms with Gasteiger partial charge in [0.2, 0.25) is 5.91 Å². The van der Waals surface area contributed by atoms with Gasteiger partial charge in [0.25, 0.3) is 0 Å². The van der Waals surface area contributed by atoms with Crippen molar-refractivity contribution in [2.45, 2.75) is 32.2 Å². The summed E-state index contributed by atoms with van der Waals surface area (Å²) in [5.74, 6) is 2.11. The molecule has 1 aromatic rings. The molecule has 1 saturated heterocycles. The van der Waals surface area contributed by atoms with Crippen LogP contribution in [-0.4, -0.2) is 33.2 Å². The molecule has 2 N–H and O–H groups in total. The normalized spacial score (nSPS) is 14.6. The van der Waals surface area contributed by atoms with Crippen molar-refractivity contribution in [2.24, 2.45) is 5.92 Å². The summed E-state index contributed by atoms with van der Waals surface area (Å²) >= 11 is 3.51. The maximum Gasteiger partial charge on any atom is 0.220 e. The number of ether oxygens (including phenoxy) is 2. The number of rotatable bonds is 7. The van der Waals surface area contributed by atoms with Crippen LogP contribution in [-0.2, 0) is 11.3 Å². The highest BCUT2D eigenvalue weighted by atomic mass is 79.9. The summed E-state index contributed by atoms with van der Waals surface area (Å²) in [6.07, 6.45) is 3.92. The number of benzene rings is 1. The highest BCUT2D eigenvalue weighted by Crippen LogP contribution is 2.33. The Bertz CT molecular complexity index is 537. The molecular weight excluding hydrogens is 396 g/mol. The summed E-state index contributed by atoms with van der Waals surface area (Å²) in [4.78, 5) is 12.0. The third kappa shape index (κ3) is 6.15. The van der Waals surface area contributed by atoms with E-state index < -0.39 is 0 Å². The molecule has 1 amide bonds. The molecule has 0 aliphatic carbocycles. The maximum atomic E-state index is 12.0.